The number of aryl methyl sites for hydroxylation is 1. The van der Waals surface area contributed by atoms with Crippen LogP contribution in [0.3, 0.4) is 0 Å². The molecule has 0 atom stereocenters. The first-order valence-corrected chi connectivity index (χ1v) is 8.27. The van der Waals surface area contributed by atoms with Crippen LogP contribution in [-0.2, 0) is 16.6 Å². The molecule has 0 aliphatic carbocycles. The maximum Gasteiger partial charge on any atom is 0.208 e. The van der Waals surface area contributed by atoms with Crippen LogP contribution in [0.2, 0.25) is 0 Å². The monoisotopic (exact) mass is 347 g/mol. The molecule has 0 aromatic carbocycles. The third-order valence-corrected chi connectivity index (χ3v) is 3.67. The van der Waals surface area contributed by atoms with E-state index in [-0.39, 0.29) is 0 Å². The number of pyridine rings is 1. The van der Waals surface area contributed by atoms with Crippen molar-refractivity contribution in [3.63, 3.8) is 0 Å². The molecule has 2 aromatic heterocycles. The number of nitrogens with one attached hydrogen (secondary N) is 1. The number of hydrogen-bond acceptors (Lipinski definition) is 5. The average molecular weight is 348 g/mol. The Morgan fingerprint density at radius 2 is 2.26 bits per heavy atom. The molecule has 0 bridgehead atoms. The van der Waals surface area contributed by atoms with Crippen molar-refractivity contribution >= 4 is 43.1 Å². The molecule has 0 amide bonds. The van der Waals surface area contributed by atoms with Crippen LogP contribution in [0.5, 0.6) is 0 Å². The Bertz CT molecular complexity index is 697. The van der Waals surface area contributed by atoms with Crippen LogP contribution in [0.4, 0.5) is 5.95 Å². The summed E-state index contributed by atoms with van der Waals surface area (Å²) in [6.45, 7) is 0.911. The van der Waals surface area contributed by atoms with Crippen molar-refractivity contribution in [3.8, 4) is 0 Å². The second-order valence-electron chi connectivity index (χ2n) is 4.14. The largest absolute Gasteiger partial charge is 0.369 e. The second kappa shape index (κ2) is 5.43. The molecule has 19 heavy (non-hydrogen) atoms. The van der Waals surface area contributed by atoms with Gasteiger partial charge in [0.25, 0.3) is 0 Å². The molecular weight excluding hydrogens is 334 g/mol. The maximum atomic E-state index is 10.9. The van der Waals surface area contributed by atoms with Gasteiger partial charge in [-0.15, -0.1) is 0 Å². The van der Waals surface area contributed by atoms with Crippen molar-refractivity contribution < 1.29 is 8.42 Å². The number of hydrogen-bond donors (Lipinski definition) is 2. The summed E-state index contributed by atoms with van der Waals surface area (Å²) in [7, 11) is -3.15. The fraction of sp³-hybridized carbons (Fsp3) is 0.400. The molecule has 2 aromatic rings. The lowest BCUT2D eigenvalue weighted by molar-refractivity contribution is 0.578. The van der Waals surface area contributed by atoms with Gasteiger partial charge in [0.15, 0.2) is 5.65 Å². The van der Waals surface area contributed by atoms with E-state index >= 15 is 0 Å². The summed E-state index contributed by atoms with van der Waals surface area (Å²) in [5.41, 5.74) is 7.23. The average Bonchev–Trinajstić information content (AvgIpc) is 2.58. The predicted octanol–water partition coefficient (Wildman–Crippen LogP) is 0.715. The zero-order chi connectivity index (χ0) is 14.0. The van der Waals surface area contributed by atoms with E-state index in [2.05, 4.69) is 30.6 Å². The highest BCUT2D eigenvalue weighted by atomic mass is 79.9. The number of rotatable bonds is 5. The lowest BCUT2D eigenvalue weighted by Gasteiger charge is -2.06. The van der Waals surface area contributed by atoms with Crippen LogP contribution in [0.25, 0.3) is 11.2 Å². The smallest absolute Gasteiger partial charge is 0.208 e. The van der Waals surface area contributed by atoms with Gasteiger partial charge in [-0.3, -0.25) is 4.57 Å². The third-order valence-electron chi connectivity index (χ3n) is 2.50. The first-order chi connectivity index (χ1) is 8.87. The van der Waals surface area contributed by atoms with E-state index in [1.807, 2.05) is 6.07 Å². The minimum atomic E-state index is -3.15. The number of anilines is 1. The minimum absolute atomic E-state index is 0.356. The molecule has 7 nitrogen and oxygen atoms in total. The van der Waals surface area contributed by atoms with Gasteiger partial charge in [0.1, 0.15) is 5.52 Å². The SMILES string of the molecule is CS(=O)(=O)NCCCn1c(N)nc2cc(Br)cnc21. The van der Waals surface area contributed by atoms with Gasteiger partial charge in [0, 0.05) is 23.8 Å². The van der Waals surface area contributed by atoms with E-state index in [0.29, 0.717) is 36.6 Å². The number of imidazole rings is 1. The number of nitrogen functional groups attached to an aromatic ring is 1. The van der Waals surface area contributed by atoms with E-state index in [1.165, 1.54) is 0 Å². The van der Waals surface area contributed by atoms with Gasteiger partial charge in [-0.1, -0.05) is 0 Å². The van der Waals surface area contributed by atoms with Crippen molar-refractivity contribution in [1.82, 2.24) is 19.3 Å². The Balaban J connectivity index is 2.10. The Morgan fingerprint density at radius 1 is 1.53 bits per heavy atom. The quantitative estimate of drug-likeness (QED) is 0.775. The van der Waals surface area contributed by atoms with Crippen LogP contribution >= 0.6 is 15.9 Å². The van der Waals surface area contributed by atoms with E-state index in [4.69, 9.17) is 5.73 Å². The summed E-state index contributed by atoms with van der Waals surface area (Å²) in [5, 5.41) is 0. The normalized spacial score (nSPS) is 12.1. The number of fused-ring (bicyclic) bond motifs is 1. The van der Waals surface area contributed by atoms with E-state index < -0.39 is 10.0 Å². The van der Waals surface area contributed by atoms with Gasteiger partial charge in [0.2, 0.25) is 16.0 Å². The van der Waals surface area contributed by atoms with Gasteiger partial charge in [-0.2, -0.15) is 0 Å². The van der Waals surface area contributed by atoms with Crippen LogP contribution in [0, 0.1) is 0 Å². The molecule has 0 saturated carbocycles. The number of halogens is 1. The van der Waals surface area contributed by atoms with Crippen molar-refractivity contribution in [1.29, 1.82) is 0 Å². The van der Waals surface area contributed by atoms with Crippen molar-refractivity contribution in [2.45, 2.75) is 13.0 Å². The van der Waals surface area contributed by atoms with Crippen LogP contribution < -0.4 is 10.5 Å². The first-order valence-electron chi connectivity index (χ1n) is 5.59. The van der Waals surface area contributed by atoms with Crippen molar-refractivity contribution in [3.05, 3.63) is 16.7 Å². The zero-order valence-corrected chi connectivity index (χ0v) is 12.7. The van der Waals surface area contributed by atoms with Crippen LogP contribution in [0.15, 0.2) is 16.7 Å². The standard InChI is InChI=1S/C10H14BrN5O2S/c1-19(17,18)14-3-2-4-16-9-8(15-10(16)12)5-7(11)6-13-9/h5-6,14H,2-4H2,1H3,(H2,12,15). The number of nitrogens with two attached hydrogens (primary N) is 1. The zero-order valence-electron chi connectivity index (χ0n) is 10.3. The molecule has 0 aliphatic rings. The highest BCUT2D eigenvalue weighted by Gasteiger charge is 2.09. The summed E-state index contributed by atoms with van der Waals surface area (Å²) in [4.78, 5) is 8.47. The Hall–Kier alpha value is -1.19. The number of sulfonamides is 1. The topological polar surface area (TPSA) is 103 Å². The van der Waals surface area contributed by atoms with Gasteiger partial charge in [0.05, 0.1) is 6.26 Å². The molecule has 0 fully saturated rings. The lowest BCUT2D eigenvalue weighted by Crippen LogP contribution is -2.24. The third kappa shape index (κ3) is 3.64. The highest BCUT2D eigenvalue weighted by Crippen LogP contribution is 2.19. The molecule has 9 heteroatoms. The summed E-state index contributed by atoms with van der Waals surface area (Å²) in [6, 6.07) is 1.84. The first kappa shape index (κ1) is 14.2. The van der Waals surface area contributed by atoms with Crippen LogP contribution in [0.1, 0.15) is 6.42 Å². The van der Waals surface area contributed by atoms with Gasteiger partial charge >= 0.3 is 0 Å². The molecule has 0 aliphatic heterocycles. The van der Waals surface area contributed by atoms with Crippen LogP contribution in [-0.4, -0.2) is 35.8 Å². The number of nitrogens with zero attached hydrogens (tertiary/aromatic N) is 3. The Labute approximate surface area is 119 Å². The predicted molar refractivity (Wildman–Crippen MR) is 77.1 cm³/mol. The molecule has 0 spiro atoms. The Morgan fingerprint density at radius 3 is 2.95 bits per heavy atom. The summed E-state index contributed by atoms with van der Waals surface area (Å²) < 4.78 is 26.9. The van der Waals surface area contributed by atoms with Crippen molar-refractivity contribution in [2.75, 3.05) is 18.5 Å². The Kier molecular flexibility index (Phi) is 4.07. The summed E-state index contributed by atoms with van der Waals surface area (Å²) in [6.07, 6.45) is 3.42. The van der Waals surface area contributed by atoms with Gasteiger partial charge in [-0.05, 0) is 28.4 Å². The summed E-state index contributed by atoms with van der Waals surface area (Å²) in [5.74, 6) is 0.375. The summed E-state index contributed by atoms with van der Waals surface area (Å²) >= 11 is 3.32. The number of aromatic nitrogens is 3. The lowest BCUT2D eigenvalue weighted by atomic mass is 10.4. The fourth-order valence-electron chi connectivity index (χ4n) is 1.72. The van der Waals surface area contributed by atoms with Crippen molar-refractivity contribution in [2.24, 2.45) is 0 Å². The molecule has 0 unspecified atom stereocenters. The molecule has 2 rings (SSSR count). The van der Waals surface area contributed by atoms with E-state index in [9.17, 15) is 8.42 Å². The molecule has 0 radical (unpaired) electrons. The van der Waals surface area contributed by atoms with Gasteiger partial charge in [-0.25, -0.2) is 23.1 Å². The molecule has 3 N–H and O–H groups in total. The molecule has 104 valence electrons. The van der Waals surface area contributed by atoms with E-state index in [0.717, 1.165) is 10.7 Å². The second-order valence-corrected chi connectivity index (χ2v) is 6.89. The fourth-order valence-corrected chi connectivity index (χ4v) is 2.55. The minimum Gasteiger partial charge on any atom is -0.369 e. The highest BCUT2D eigenvalue weighted by molar-refractivity contribution is 9.10. The molecule has 0 saturated heterocycles. The van der Waals surface area contributed by atoms with Gasteiger partial charge < -0.3 is 5.73 Å². The maximum absolute atomic E-state index is 10.9. The molecule has 2 heterocycles. The molecular formula is C10H14BrN5O2S. The van der Waals surface area contributed by atoms with E-state index in [1.54, 1.807) is 10.8 Å².